The zero-order chi connectivity index (χ0) is 19.6. The second-order valence-electron chi connectivity index (χ2n) is 5.71. The lowest BCUT2D eigenvalue weighted by molar-refractivity contribution is -0.140. The van der Waals surface area contributed by atoms with Crippen LogP contribution in [0.2, 0.25) is 0 Å². The third kappa shape index (κ3) is 6.47. The number of ether oxygens (including phenoxy) is 1. The molecule has 27 heavy (non-hydrogen) atoms. The van der Waals surface area contributed by atoms with Crippen molar-refractivity contribution in [1.29, 1.82) is 0 Å². The molecule has 0 bridgehead atoms. The Morgan fingerprint density at radius 2 is 1.81 bits per heavy atom. The minimum absolute atomic E-state index is 0.221. The lowest BCUT2D eigenvalue weighted by Crippen LogP contribution is -2.40. The predicted molar refractivity (Wildman–Crippen MR) is 99.5 cm³/mol. The highest BCUT2D eigenvalue weighted by atomic mass is 16.5. The molecule has 1 aromatic carbocycles. The summed E-state index contributed by atoms with van der Waals surface area (Å²) in [5, 5.41) is 0. The van der Waals surface area contributed by atoms with Crippen molar-refractivity contribution >= 4 is 23.9 Å². The number of aryl methyl sites for hydroxylation is 2. The molecule has 0 fully saturated rings. The zero-order valence-corrected chi connectivity index (χ0v) is 15.3. The highest BCUT2D eigenvalue weighted by Crippen LogP contribution is 2.11. The first-order chi connectivity index (χ1) is 13.0. The molecule has 142 valence electrons. The SMILES string of the molecule is CCc1ccc(C(=O)NNC(=O)/C=C/c2ccc(CCC(=O)OC)o2)cc1. The maximum absolute atomic E-state index is 12.0. The van der Waals surface area contributed by atoms with E-state index < -0.39 is 11.8 Å². The van der Waals surface area contributed by atoms with Crippen molar-refractivity contribution in [3.05, 3.63) is 65.1 Å². The third-order valence-corrected chi connectivity index (χ3v) is 3.81. The Balaban J connectivity index is 1.80. The molecule has 2 rings (SSSR count). The lowest BCUT2D eigenvalue weighted by Gasteiger charge is -2.05. The van der Waals surface area contributed by atoms with Crippen molar-refractivity contribution in [2.75, 3.05) is 7.11 Å². The van der Waals surface area contributed by atoms with Gasteiger partial charge in [-0.05, 0) is 42.3 Å². The molecule has 7 heteroatoms. The summed E-state index contributed by atoms with van der Waals surface area (Å²) < 4.78 is 10.0. The molecule has 2 N–H and O–H groups in total. The minimum Gasteiger partial charge on any atom is -0.469 e. The number of carbonyl (C=O) groups excluding carboxylic acids is 3. The summed E-state index contributed by atoms with van der Waals surface area (Å²) >= 11 is 0. The topological polar surface area (TPSA) is 97.6 Å². The van der Waals surface area contributed by atoms with Gasteiger partial charge >= 0.3 is 5.97 Å². The van der Waals surface area contributed by atoms with Crippen LogP contribution in [0.25, 0.3) is 6.08 Å². The van der Waals surface area contributed by atoms with E-state index in [2.05, 4.69) is 15.6 Å². The van der Waals surface area contributed by atoms with E-state index >= 15 is 0 Å². The second-order valence-corrected chi connectivity index (χ2v) is 5.71. The molecular weight excluding hydrogens is 348 g/mol. The van der Waals surface area contributed by atoms with Crippen LogP contribution in [0, 0.1) is 0 Å². The van der Waals surface area contributed by atoms with Crippen LogP contribution in [0.1, 0.15) is 40.8 Å². The van der Waals surface area contributed by atoms with Crippen molar-refractivity contribution in [3.63, 3.8) is 0 Å². The molecule has 0 aliphatic heterocycles. The Kier molecular flexibility index (Phi) is 7.37. The summed E-state index contributed by atoms with van der Waals surface area (Å²) in [6.45, 7) is 2.03. The number of furan rings is 1. The van der Waals surface area contributed by atoms with Crippen LogP contribution in [0.3, 0.4) is 0 Å². The van der Waals surface area contributed by atoms with Gasteiger partial charge in [0.1, 0.15) is 11.5 Å². The van der Waals surface area contributed by atoms with Crippen molar-refractivity contribution in [1.82, 2.24) is 10.9 Å². The molecule has 0 saturated heterocycles. The van der Waals surface area contributed by atoms with Crippen LogP contribution in [0.15, 0.2) is 46.9 Å². The number of esters is 1. The number of hydrogen-bond acceptors (Lipinski definition) is 5. The van der Waals surface area contributed by atoms with E-state index in [1.807, 2.05) is 19.1 Å². The Hall–Kier alpha value is -3.35. The van der Waals surface area contributed by atoms with E-state index in [0.29, 0.717) is 23.5 Å². The smallest absolute Gasteiger partial charge is 0.305 e. The fourth-order valence-corrected chi connectivity index (χ4v) is 2.23. The number of methoxy groups -OCH3 is 1. The van der Waals surface area contributed by atoms with Gasteiger partial charge in [-0.3, -0.25) is 25.2 Å². The van der Waals surface area contributed by atoms with Gasteiger partial charge in [-0.2, -0.15) is 0 Å². The van der Waals surface area contributed by atoms with E-state index in [0.717, 1.165) is 12.0 Å². The summed E-state index contributed by atoms with van der Waals surface area (Å²) in [5.74, 6) is -0.137. The number of nitrogens with one attached hydrogen (secondary N) is 2. The maximum atomic E-state index is 12.0. The number of hydrazine groups is 1. The Morgan fingerprint density at radius 1 is 1.07 bits per heavy atom. The van der Waals surface area contributed by atoms with Crippen LogP contribution in [0.4, 0.5) is 0 Å². The molecule has 0 aliphatic carbocycles. The third-order valence-electron chi connectivity index (χ3n) is 3.81. The zero-order valence-electron chi connectivity index (χ0n) is 15.3. The van der Waals surface area contributed by atoms with Crippen LogP contribution >= 0.6 is 0 Å². The summed E-state index contributed by atoms with van der Waals surface area (Å²) in [4.78, 5) is 34.9. The van der Waals surface area contributed by atoms with Gasteiger partial charge in [0.2, 0.25) is 0 Å². The molecule has 0 unspecified atom stereocenters. The van der Waals surface area contributed by atoms with E-state index in [1.54, 1.807) is 24.3 Å². The van der Waals surface area contributed by atoms with Gasteiger partial charge in [0.25, 0.3) is 11.8 Å². The normalized spacial score (nSPS) is 10.6. The van der Waals surface area contributed by atoms with Crippen molar-refractivity contribution in [2.24, 2.45) is 0 Å². The average Bonchev–Trinajstić information content (AvgIpc) is 3.16. The molecule has 0 saturated carbocycles. The van der Waals surface area contributed by atoms with Crippen LogP contribution in [-0.4, -0.2) is 24.9 Å². The van der Waals surface area contributed by atoms with E-state index in [9.17, 15) is 14.4 Å². The fraction of sp³-hybridized carbons (Fsp3) is 0.250. The minimum atomic E-state index is -0.499. The van der Waals surface area contributed by atoms with Gasteiger partial charge in [-0.25, -0.2) is 0 Å². The number of rotatable bonds is 7. The van der Waals surface area contributed by atoms with Crippen LogP contribution < -0.4 is 10.9 Å². The molecule has 0 spiro atoms. The van der Waals surface area contributed by atoms with Crippen molar-refractivity contribution in [2.45, 2.75) is 26.2 Å². The van der Waals surface area contributed by atoms with Crippen molar-refractivity contribution in [3.8, 4) is 0 Å². The van der Waals surface area contributed by atoms with Crippen LogP contribution in [0.5, 0.6) is 0 Å². The number of carbonyl (C=O) groups is 3. The first-order valence-electron chi connectivity index (χ1n) is 8.54. The van der Waals surface area contributed by atoms with E-state index in [1.165, 1.54) is 19.3 Å². The van der Waals surface area contributed by atoms with Gasteiger partial charge in [0.05, 0.1) is 13.5 Å². The van der Waals surface area contributed by atoms with Crippen molar-refractivity contribution < 1.29 is 23.5 Å². The Bertz CT molecular complexity index is 821. The lowest BCUT2D eigenvalue weighted by atomic mass is 10.1. The summed E-state index contributed by atoms with van der Waals surface area (Å²) in [6.07, 6.45) is 4.24. The highest BCUT2D eigenvalue weighted by molar-refractivity contribution is 5.97. The monoisotopic (exact) mass is 370 g/mol. The molecule has 0 atom stereocenters. The number of hydrogen-bond donors (Lipinski definition) is 2. The molecule has 2 amide bonds. The molecule has 1 aromatic heterocycles. The number of amides is 2. The van der Waals surface area contributed by atoms with E-state index in [4.69, 9.17) is 4.42 Å². The molecular formula is C20H22N2O5. The number of benzene rings is 1. The fourth-order valence-electron chi connectivity index (χ4n) is 2.23. The highest BCUT2D eigenvalue weighted by Gasteiger charge is 2.07. The predicted octanol–water partition coefficient (Wildman–Crippen LogP) is 2.42. The van der Waals surface area contributed by atoms with Gasteiger partial charge in [-0.1, -0.05) is 19.1 Å². The second kappa shape index (κ2) is 9.96. The van der Waals surface area contributed by atoms with Gasteiger partial charge in [-0.15, -0.1) is 0 Å². The van der Waals surface area contributed by atoms with Gasteiger partial charge in [0, 0.05) is 18.1 Å². The molecule has 1 heterocycles. The largest absolute Gasteiger partial charge is 0.469 e. The molecule has 2 aromatic rings. The molecule has 7 nitrogen and oxygen atoms in total. The molecule has 0 radical (unpaired) electrons. The molecule has 0 aliphatic rings. The van der Waals surface area contributed by atoms with Crippen LogP contribution in [-0.2, 0) is 27.2 Å². The Labute approximate surface area is 157 Å². The summed E-state index contributed by atoms with van der Waals surface area (Å²) in [7, 11) is 1.33. The first kappa shape index (κ1) is 20.0. The van der Waals surface area contributed by atoms with Gasteiger partial charge < -0.3 is 9.15 Å². The van der Waals surface area contributed by atoms with Gasteiger partial charge in [0.15, 0.2) is 0 Å². The maximum Gasteiger partial charge on any atom is 0.305 e. The van der Waals surface area contributed by atoms with E-state index in [-0.39, 0.29) is 12.4 Å². The summed E-state index contributed by atoms with van der Waals surface area (Å²) in [5.41, 5.74) is 6.24. The first-order valence-corrected chi connectivity index (χ1v) is 8.54. The standard InChI is InChI=1S/C20H22N2O5/c1-3-14-4-6-15(7-5-14)20(25)22-21-18(23)12-10-16-8-9-17(27-16)11-13-19(24)26-2/h4-10,12H,3,11,13H2,1-2H3,(H,21,23)(H,22,25)/b12-10+. The Morgan fingerprint density at radius 3 is 2.48 bits per heavy atom. The average molecular weight is 370 g/mol. The quantitative estimate of drug-likeness (QED) is 0.443. The summed E-state index contributed by atoms with van der Waals surface area (Å²) in [6, 6.07) is 10.5.